The minimum atomic E-state index is 0.0269. The number of Topliss-reactive ketones (excluding diaryl/α,β-unsaturated/α-hetero) is 1. The quantitative estimate of drug-likeness (QED) is 0.401. The number of rotatable bonds is 4. The molecule has 0 saturated heterocycles. The van der Waals surface area contributed by atoms with Crippen LogP contribution in [0.25, 0.3) is 0 Å². The van der Waals surface area contributed by atoms with E-state index in [1.165, 1.54) is 6.20 Å². The van der Waals surface area contributed by atoms with Crippen LogP contribution in [0.2, 0.25) is 0 Å². The normalized spacial score (nSPS) is 9.25. The Kier molecular flexibility index (Phi) is 3.42. The molecule has 0 aromatic carbocycles. The van der Waals surface area contributed by atoms with E-state index < -0.39 is 0 Å². The molecule has 1 aromatic rings. The molecule has 1 aromatic heterocycles. The summed E-state index contributed by atoms with van der Waals surface area (Å²) < 4.78 is 7.57. The summed E-state index contributed by atoms with van der Waals surface area (Å²) in [6.45, 7) is 0. The first kappa shape index (κ1) is 8.88. The van der Waals surface area contributed by atoms with Crippen molar-refractivity contribution in [2.24, 2.45) is 0 Å². The van der Waals surface area contributed by atoms with Gasteiger partial charge in [-0.1, -0.05) is 0 Å². The fourth-order valence-electron chi connectivity index (χ4n) is 0.767. The largest absolute Gasteiger partial charge is 0.292 e. The van der Waals surface area contributed by atoms with Gasteiger partial charge in [0.15, 0.2) is 5.78 Å². The number of terminal acetylenes is 1. The van der Waals surface area contributed by atoms with Crippen LogP contribution in [0.1, 0.15) is 29.8 Å². The summed E-state index contributed by atoms with van der Waals surface area (Å²) in [5.41, 5.74) is 0.456. The molecule has 0 radical (unpaired) electrons. The van der Waals surface area contributed by atoms with Crippen LogP contribution in [0.4, 0.5) is 0 Å². The first-order valence-corrected chi connectivity index (χ1v) is 4.32. The lowest BCUT2D eigenvalue weighted by atomic mass is 10.1. The molecule has 0 fully saturated rings. The van der Waals surface area contributed by atoms with Crippen LogP contribution in [0.5, 0.6) is 0 Å². The second kappa shape index (κ2) is 4.62. The third-order valence-electron chi connectivity index (χ3n) is 1.37. The zero-order valence-corrected chi connectivity index (χ0v) is 7.30. The maximum atomic E-state index is 11.2. The molecular formula is C8H8N2OS. The van der Waals surface area contributed by atoms with Crippen LogP contribution in [0.15, 0.2) is 6.20 Å². The standard InChI is InChI=1S/C8H8N2OS/c1-2-3-4-5-8(11)7-6-9-12-10-7/h1,6H,3-5H2. The smallest absolute Gasteiger partial charge is 0.183 e. The lowest BCUT2D eigenvalue weighted by Crippen LogP contribution is -1.98. The SMILES string of the molecule is C#CCCCC(=O)c1cnsn1. The van der Waals surface area contributed by atoms with Crippen LogP contribution in [0, 0.1) is 12.3 Å². The van der Waals surface area contributed by atoms with Crippen molar-refractivity contribution in [1.82, 2.24) is 8.75 Å². The lowest BCUT2D eigenvalue weighted by Gasteiger charge is -1.91. The zero-order valence-electron chi connectivity index (χ0n) is 6.49. The highest BCUT2D eigenvalue weighted by Crippen LogP contribution is 2.03. The van der Waals surface area contributed by atoms with E-state index in [2.05, 4.69) is 14.7 Å². The van der Waals surface area contributed by atoms with Gasteiger partial charge >= 0.3 is 0 Å². The summed E-state index contributed by atoms with van der Waals surface area (Å²) in [7, 11) is 0. The molecule has 0 spiro atoms. The molecule has 3 nitrogen and oxygen atoms in total. The molecule has 1 heterocycles. The van der Waals surface area contributed by atoms with Gasteiger partial charge in [0.25, 0.3) is 0 Å². The number of aromatic nitrogens is 2. The van der Waals surface area contributed by atoms with Crippen molar-refractivity contribution in [3.05, 3.63) is 11.9 Å². The highest BCUT2D eigenvalue weighted by atomic mass is 32.1. The number of unbranched alkanes of at least 4 members (excludes halogenated alkanes) is 1. The molecule has 12 heavy (non-hydrogen) atoms. The molecule has 4 heteroatoms. The van der Waals surface area contributed by atoms with E-state index in [1.807, 2.05) is 0 Å². The van der Waals surface area contributed by atoms with Gasteiger partial charge in [-0.05, 0) is 6.42 Å². The average molecular weight is 180 g/mol. The summed E-state index contributed by atoms with van der Waals surface area (Å²) in [4.78, 5) is 11.2. The molecule has 0 N–H and O–H groups in total. The molecule has 0 aliphatic rings. The maximum Gasteiger partial charge on any atom is 0.183 e. The van der Waals surface area contributed by atoms with E-state index in [0.717, 1.165) is 18.1 Å². The molecule has 62 valence electrons. The molecule has 0 atom stereocenters. The number of carbonyl (C=O) groups is 1. The minimum Gasteiger partial charge on any atom is -0.292 e. The Hall–Kier alpha value is -1.21. The van der Waals surface area contributed by atoms with Crippen molar-refractivity contribution < 1.29 is 4.79 Å². The van der Waals surface area contributed by atoms with Gasteiger partial charge in [0.1, 0.15) is 5.69 Å². The summed E-state index contributed by atoms with van der Waals surface area (Å²) in [5, 5.41) is 0. The Morgan fingerprint density at radius 3 is 3.17 bits per heavy atom. The number of carbonyl (C=O) groups excluding carboxylic acids is 1. The molecule has 0 aliphatic heterocycles. The first-order chi connectivity index (χ1) is 5.84. The van der Waals surface area contributed by atoms with Crippen LogP contribution in [0.3, 0.4) is 0 Å². The van der Waals surface area contributed by atoms with Crippen molar-refractivity contribution in [2.45, 2.75) is 19.3 Å². The topological polar surface area (TPSA) is 42.9 Å². The van der Waals surface area contributed by atoms with Crippen LogP contribution in [-0.4, -0.2) is 14.5 Å². The fraction of sp³-hybridized carbons (Fsp3) is 0.375. The van der Waals surface area contributed by atoms with E-state index >= 15 is 0 Å². The zero-order chi connectivity index (χ0) is 8.81. The minimum absolute atomic E-state index is 0.0269. The number of hydrogen-bond donors (Lipinski definition) is 0. The predicted molar refractivity (Wildman–Crippen MR) is 46.9 cm³/mol. The Bertz CT molecular complexity index is 287. The van der Waals surface area contributed by atoms with Gasteiger partial charge in [-0.3, -0.25) is 4.79 Å². The maximum absolute atomic E-state index is 11.2. The van der Waals surface area contributed by atoms with Crippen molar-refractivity contribution in [3.63, 3.8) is 0 Å². The van der Waals surface area contributed by atoms with Gasteiger partial charge in [0, 0.05) is 12.8 Å². The second-order valence-corrected chi connectivity index (χ2v) is 2.83. The first-order valence-electron chi connectivity index (χ1n) is 3.59. The van der Waals surface area contributed by atoms with Gasteiger partial charge in [0.2, 0.25) is 0 Å². The predicted octanol–water partition coefficient (Wildman–Crippen LogP) is 1.52. The molecular weight excluding hydrogens is 172 g/mol. The number of ketones is 1. The molecule has 0 amide bonds. The summed E-state index contributed by atoms with van der Waals surface area (Å²) in [6.07, 6.45) is 8.37. The molecule has 0 bridgehead atoms. The summed E-state index contributed by atoms with van der Waals surface area (Å²) in [5.74, 6) is 2.51. The third-order valence-corrected chi connectivity index (χ3v) is 1.85. The molecule has 1 rings (SSSR count). The summed E-state index contributed by atoms with van der Waals surface area (Å²) >= 11 is 1.05. The summed E-state index contributed by atoms with van der Waals surface area (Å²) in [6, 6.07) is 0. The van der Waals surface area contributed by atoms with Crippen molar-refractivity contribution in [3.8, 4) is 12.3 Å². The molecule has 0 saturated carbocycles. The van der Waals surface area contributed by atoms with Crippen LogP contribution >= 0.6 is 11.7 Å². The Morgan fingerprint density at radius 1 is 1.75 bits per heavy atom. The lowest BCUT2D eigenvalue weighted by molar-refractivity contribution is 0.0976. The highest BCUT2D eigenvalue weighted by Gasteiger charge is 2.06. The monoisotopic (exact) mass is 180 g/mol. The third kappa shape index (κ3) is 2.44. The Labute approximate surface area is 75.1 Å². The van der Waals surface area contributed by atoms with Crippen molar-refractivity contribution >= 4 is 17.5 Å². The van der Waals surface area contributed by atoms with Crippen LogP contribution < -0.4 is 0 Å². The van der Waals surface area contributed by atoms with Gasteiger partial charge in [-0.15, -0.1) is 12.3 Å². The average Bonchev–Trinajstić information content (AvgIpc) is 2.56. The fourth-order valence-corrected chi connectivity index (χ4v) is 1.20. The van der Waals surface area contributed by atoms with E-state index in [1.54, 1.807) is 0 Å². The Morgan fingerprint density at radius 2 is 2.58 bits per heavy atom. The van der Waals surface area contributed by atoms with E-state index in [-0.39, 0.29) is 5.78 Å². The van der Waals surface area contributed by atoms with Crippen molar-refractivity contribution in [2.75, 3.05) is 0 Å². The van der Waals surface area contributed by atoms with Gasteiger partial charge in [-0.2, -0.15) is 8.75 Å². The van der Waals surface area contributed by atoms with E-state index in [4.69, 9.17) is 6.42 Å². The van der Waals surface area contributed by atoms with Crippen LogP contribution in [-0.2, 0) is 0 Å². The van der Waals surface area contributed by atoms with Gasteiger partial charge < -0.3 is 0 Å². The van der Waals surface area contributed by atoms with E-state index in [0.29, 0.717) is 18.5 Å². The molecule has 0 unspecified atom stereocenters. The second-order valence-electron chi connectivity index (χ2n) is 2.27. The number of hydrogen-bond acceptors (Lipinski definition) is 4. The Balaban J connectivity index is 2.36. The van der Waals surface area contributed by atoms with Gasteiger partial charge in [0.05, 0.1) is 17.9 Å². The van der Waals surface area contributed by atoms with Gasteiger partial charge in [-0.25, -0.2) is 0 Å². The number of nitrogens with zero attached hydrogens (tertiary/aromatic N) is 2. The highest BCUT2D eigenvalue weighted by molar-refractivity contribution is 6.99. The van der Waals surface area contributed by atoms with Crippen molar-refractivity contribution in [1.29, 1.82) is 0 Å². The molecule has 0 aliphatic carbocycles. The van der Waals surface area contributed by atoms with E-state index in [9.17, 15) is 4.79 Å².